The fourth-order valence-corrected chi connectivity index (χ4v) is 0.992. The van der Waals surface area contributed by atoms with Crippen LogP contribution in [-0.4, -0.2) is 21.7 Å². The molecular formula is C11H15N3O3. The van der Waals surface area contributed by atoms with Crippen LogP contribution in [0.1, 0.15) is 38.2 Å². The van der Waals surface area contributed by atoms with Crippen LogP contribution in [0.4, 0.5) is 5.95 Å². The van der Waals surface area contributed by atoms with Gasteiger partial charge in [0.25, 0.3) is 5.56 Å². The summed E-state index contributed by atoms with van der Waals surface area (Å²) in [4.78, 5) is 40.2. The van der Waals surface area contributed by atoms with Crippen molar-refractivity contribution in [3.63, 3.8) is 0 Å². The number of aromatic amines is 1. The number of carbonyl (C=O) groups excluding carboxylic acids is 2. The Morgan fingerprint density at radius 2 is 1.94 bits per heavy atom. The molecule has 2 N–H and O–H groups in total. The molecule has 1 aromatic rings. The number of anilines is 1. The Kier molecular flexibility index (Phi) is 3.45. The number of carbonyl (C=O) groups is 2. The standard InChI is InChI=1S/C11H15N3O3/c1-6(15)7-5-8(16)13-10(12-7)14-9(17)11(2,3)4/h5H,1-4H3,(H2,12,13,14,16,17). The van der Waals surface area contributed by atoms with Gasteiger partial charge in [-0.25, -0.2) is 4.98 Å². The highest BCUT2D eigenvalue weighted by Crippen LogP contribution is 2.14. The molecule has 0 radical (unpaired) electrons. The largest absolute Gasteiger partial charge is 0.296 e. The Labute approximate surface area is 98.5 Å². The first-order valence-corrected chi connectivity index (χ1v) is 5.14. The molecular weight excluding hydrogens is 222 g/mol. The fraction of sp³-hybridized carbons (Fsp3) is 0.455. The van der Waals surface area contributed by atoms with Gasteiger partial charge in [-0.15, -0.1) is 0 Å². The SMILES string of the molecule is CC(=O)c1cc(=O)[nH]c(NC(=O)C(C)(C)C)n1. The first kappa shape index (κ1) is 13.1. The van der Waals surface area contributed by atoms with E-state index in [1.807, 2.05) is 0 Å². The highest BCUT2D eigenvalue weighted by molar-refractivity contribution is 5.95. The summed E-state index contributed by atoms with van der Waals surface area (Å²) >= 11 is 0. The van der Waals surface area contributed by atoms with Crippen LogP contribution < -0.4 is 10.9 Å². The number of H-pyrrole nitrogens is 1. The van der Waals surface area contributed by atoms with E-state index in [-0.39, 0.29) is 23.3 Å². The molecule has 0 aliphatic rings. The second-order valence-electron chi connectivity index (χ2n) is 4.74. The van der Waals surface area contributed by atoms with Gasteiger partial charge < -0.3 is 0 Å². The van der Waals surface area contributed by atoms with Gasteiger partial charge >= 0.3 is 0 Å². The van der Waals surface area contributed by atoms with E-state index in [0.29, 0.717) is 0 Å². The van der Waals surface area contributed by atoms with E-state index in [4.69, 9.17) is 0 Å². The summed E-state index contributed by atoms with van der Waals surface area (Å²) in [5.74, 6) is -0.633. The summed E-state index contributed by atoms with van der Waals surface area (Å²) in [6, 6.07) is 1.09. The fourth-order valence-electron chi connectivity index (χ4n) is 0.992. The molecule has 6 heteroatoms. The van der Waals surface area contributed by atoms with Gasteiger partial charge in [0, 0.05) is 18.4 Å². The van der Waals surface area contributed by atoms with Gasteiger partial charge in [-0.2, -0.15) is 0 Å². The van der Waals surface area contributed by atoms with Crippen molar-refractivity contribution in [1.82, 2.24) is 9.97 Å². The van der Waals surface area contributed by atoms with Crippen LogP contribution in [0, 0.1) is 5.41 Å². The van der Waals surface area contributed by atoms with Crippen LogP contribution in [0.3, 0.4) is 0 Å². The lowest BCUT2D eigenvalue weighted by atomic mass is 9.96. The van der Waals surface area contributed by atoms with Gasteiger partial charge in [0.2, 0.25) is 11.9 Å². The van der Waals surface area contributed by atoms with Gasteiger partial charge in [0.15, 0.2) is 5.78 Å². The average Bonchev–Trinajstić information content (AvgIpc) is 2.14. The van der Waals surface area contributed by atoms with E-state index in [2.05, 4.69) is 15.3 Å². The third kappa shape index (κ3) is 3.51. The van der Waals surface area contributed by atoms with Crippen LogP contribution in [-0.2, 0) is 4.79 Å². The molecule has 0 aliphatic heterocycles. The van der Waals surface area contributed by atoms with Crippen molar-refractivity contribution in [1.29, 1.82) is 0 Å². The van der Waals surface area contributed by atoms with Crippen LogP contribution in [0.25, 0.3) is 0 Å². The first-order chi connectivity index (χ1) is 7.70. The number of Topliss-reactive ketones (excluding diaryl/α,β-unsaturated/α-hetero) is 1. The molecule has 0 unspecified atom stereocenters. The molecule has 0 atom stereocenters. The minimum Gasteiger partial charge on any atom is -0.296 e. The number of amides is 1. The molecule has 0 spiro atoms. The van der Waals surface area contributed by atoms with Crippen LogP contribution in [0.5, 0.6) is 0 Å². The van der Waals surface area contributed by atoms with Crippen LogP contribution in [0.15, 0.2) is 10.9 Å². The molecule has 92 valence electrons. The van der Waals surface area contributed by atoms with Crippen molar-refractivity contribution in [2.45, 2.75) is 27.7 Å². The van der Waals surface area contributed by atoms with Crippen molar-refractivity contribution in [2.24, 2.45) is 5.41 Å². The molecule has 1 amide bonds. The zero-order valence-corrected chi connectivity index (χ0v) is 10.2. The van der Waals surface area contributed by atoms with Crippen LogP contribution >= 0.6 is 0 Å². The van der Waals surface area contributed by atoms with Crippen molar-refractivity contribution in [2.75, 3.05) is 5.32 Å². The van der Waals surface area contributed by atoms with Crippen molar-refractivity contribution < 1.29 is 9.59 Å². The van der Waals surface area contributed by atoms with Gasteiger partial charge in [-0.1, -0.05) is 20.8 Å². The predicted molar refractivity (Wildman–Crippen MR) is 62.9 cm³/mol. The average molecular weight is 237 g/mol. The van der Waals surface area contributed by atoms with E-state index in [9.17, 15) is 14.4 Å². The number of rotatable bonds is 2. The highest BCUT2D eigenvalue weighted by Gasteiger charge is 2.22. The maximum atomic E-state index is 11.7. The normalized spacial score (nSPS) is 11.1. The zero-order valence-electron chi connectivity index (χ0n) is 10.2. The van der Waals surface area contributed by atoms with Gasteiger partial charge in [0.1, 0.15) is 5.69 Å². The minimum atomic E-state index is -0.606. The first-order valence-electron chi connectivity index (χ1n) is 5.14. The number of nitrogens with zero attached hydrogens (tertiary/aromatic N) is 1. The predicted octanol–water partition coefficient (Wildman–Crippen LogP) is 0.957. The van der Waals surface area contributed by atoms with E-state index in [1.165, 1.54) is 6.92 Å². The summed E-state index contributed by atoms with van der Waals surface area (Å²) in [7, 11) is 0. The summed E-state index contributed by atoms with van der Waals surface area (Å²) in [5.41, 5.74) is -1.06. The second kappa shape index (κ2) is 4.48. The smallest absolute Gasteiger partial charge is 0.252 e. The molecule has 6 nitrogen and oxygen atoms in total. The summed E-state index contributed by atoms with van der Waals surface area (Å²) in [6.07, 6.45) is 0. The topological polar surface area (TPSA) is 91.9 Å². The molecule has 1 heterocycles. The third-order valence-electron chi connectivity index (χ3n) is 2.02. The second-order valence-corrected chi connectivity index (χ2v) is 4.74. The molecule has 0 aromatic carbocycles. The highest BCUT2D eigenvalue weighted by atomic mass is 16.2. The molecule has 17 heavy (non-hydrogen) atoms. The molecule has 0 bridgehead atoms. The van der Waals surface area contributed by atoms with E-state index in [1.54, 1.807) is 20.8 Å². The van der Waals surface area contributed by atoms with E-state index < -0.39 is 11.0 Å². The number of ketones is 1. The van der Waals surface area contributed by atoms with Gasteiger partial charge in [-0.3, -0.25) is 24.7 Å². The van der Waals surface area contributed by atoms with Gasteiger partial charge in [-0.05, 0) is 0 Å². The Morgan fingerprint density at radius 3 is 2.41 bits per heavy atom. The third-order valence-corrected chi connectivity index (χ3v) is 2.02. The van der Waals surface area contributed by atoms with Gasteiger partial charge in [0.05, 0.1) is 0 Å². The molecule has 1 rings (SSSR count). The Hall–Kier alpha value is -1.98. The quantitative estimate of drug-likeness (QED) is 0.749. The number of aromatic nitrogens is 2. The summed E-state index contributed by atoms with van der Waals surface area (Å²) in [5, 5.41) is 2.46. The summed E-state index contributed by atoms with van der Waals surface area (Å²) in [6.45, 7) is 6.50. The lowest BCUT2D eigenvalue weighted by Crippen LogP contribution is -2.29. The lowest BCUT2D eigenvalue weighted by Gasteiger charge is -2.16. The van der Waals surface area contributed by atoms with Crippen molar-refractivity contribution >= 4 is 17.6 Å². The monoisotopic (exact) mass is 237 g/mol. The van der Waals surface area contributed by atoms with E-state index >= 15 is 0 Å². The van der Waals surface area contributed by atoms with E-state index in [0.717, 1.165) is 6.07 Å². The molecule has 0 fully saturated rings. The molecule has 0 saturated carbocycles. The molecule has 1 aromatic heterocycles. The number of hydrogen-bond donors (Lipinski definition) is 2. The maximum Gasteiger partial charge on any atom is 0.252 e. The molecule has 0 saturated heterocycles. The van der Waals surface area contributed by atoms with Crippen molar-refractivity contribution in [3.05, 3.63) is 22.1 Å². The Morgan fingerprint density at radius 1 is 1.35 bits per heavy atom. The zero-order chi connectivity index (χ0) is 13.2. The Bertz CT molecular complexity index is 511. The van der Waals surface area contributed by atoms with Crippen LogP contribution in [0.2, 0.25) is 0 Å². The Balaban J connectivity index is 3.04. The number of hydrogen-bond acceptors (Lipinski definition) is 4. The van der Waals surface area contributed by atoms with Crippen molar-refractivity contribution in [3.8, 4) is 0 Å². The number of nitrogens with one attached hydrogen (secondary N) is 2. The maximum absolute atomic E-state index is 11.7. The molecule has 0 aliphatic carbocycles. The lowest BCUT2D eigenvalue weighted by molar-refractivity contribution is -0.123. The minimum absolute atomic E-state index is 0.0115. The summed E-state index contributed by atoms with van der Waals surface area (Å²) < 4.78 is 0.